The minimum absolute atomic E-state index is 0.142. The summed E-state index contributed by atoms with van der Waals surface area (Å²) in [5, 5.41) is 3.08. The van der Waals surface area contributed by atoms with E-state index in [1.54, 1.807) is 7.05 Å². The fraction of sp³-hybridized carbons (Fsp3) is 0.909. The molecule has 0 aromatic carbocycles. The molecule has 18 heavy (non-hydrogen) atoms. The van der Waals surface area contributed by atoms with Gasteiger partial charge in [-0.15, -0.1) is 0 Å². The van der Waals surface area contributed by atoms with Crippen LogP contribution in [0.4, 0.5) is 0 Å². The first-order chi connectivity index (χ1) is 8.35. The highest BCUT2D eigenvalue weighted by atomic mass is 32.2. The number of ether oxygens (including phenoxy) is 1. The monoisotopic (exact) mass is 295 g/mol. The molecular formula is C11H21NO4S2. The minimum atomic E-state index is -2.94. The maximum absolute atomic E-state index is 11.9. The first kappa shape index (κ1) is 15.8. The number of thioether (sulfide) groups is 1. The summed E-state index contributed by atoms with van der Waals surface area (Å²) >= 11 is 1.48. The van der Waals surface area contributed by atoms with Gasteiger partial charge in [0.1, 0.15) is 15.4 Å². The average Bonchev–Trinajstić information content (AvgIpc) is 3.12. The summed E-state index contributed by atoms with van der Waals surface area (Å²) in [5.74, 6) is 1.26. The zero-order chi connectivity index (χ0) is 13.8. The van der Waals surface area contributed by atoms with Crippen LogP contribution in [0.5, 0.6) is 0 Å². The average molecular weight is 295 g/mol. The van der Waals surface area contributed by atoms with Gasteiger partial charge in [0.05, 0.1) is 12.9 Å². The highest BCUT2D eigenvalue weighted by Gasteiger charge is 2.50. The third-order valence-electron chi connectivity index (χ3n) is 3.20. The molecule has 5 nitrogen and oxygen atoms in total. The number of carbonyl (C=O) groups is 1. The van der Waals surface area contributed by atoms with Crippen molar-refractivity contribution in [3.8, 4) is 0 Å². The second-order valence-corrected chi connectivity index (χ2v) is 8.03. The highest BCUT2D eigenvalue weighted by molar-refractivity contribution is 8.00. The summed E-state index contributed by atoms with van der Waals surface area (Å²) in [6.07, 6.45) is 3.26. The Morgan fingerprint density at radius 2 is 2.11 bits per heavy atom. The molecule has 7 heteroatoms. The van der Waals surface area contributed by atoms with Crippen LogP contribution in [-0.2, 0) is 19.4 Å². The second kappa shape index (κ2) is 6.25. The lowest BCUT2D eigenvalue weighted by Gasteiger charge is -2.30. The molecule has 1 unspecified atom stereocenters. The summed E-state index contributed by atoms with van der Waals surface area (Å²) in [5.41, 5.74) is -0.656. The summed E-state index contributed by atoms with van der Waals surface area (Å²) in [6.45, 7) is 0. The molecule has 1 atom stereocenters. The van der Waals surface area contributed by atoms with E-state index in [1.807, 2.05) is 0 Å². The molecule has 1 N–H and O–H groups in total. The van der Waals surface area contributed by atoms with Gasteiger partial charge in [-0.05, 0) is 25.8 Å². The SMILES string of the molecule is CNC(CSCCS(C)(=O)=O)(C(=O)OC)C1CC1. The van der Waals surface area contributed by atoms with Crippen LogP contribution in [-0.4, -0.2) is 57.6 Å². The Hall–Kier alpha value is -0.270. The normalized spacial score (nSPS) is 19.3. The zero-order valence-electron chi connectivity index (χ0n) is 11.1. The van der Waals surface area contributed by atoms with Gasteiger partial charge in [0.25, 0.3) is 0 Å². The Morgan fingerprint density at radius 1 is 1.50 bits per heavy atom. The maximum Gasteiger partial charge on any atom is 0.327 e. The first-order valence-corrected chi connectivity index (χ1v) is 9.10. The number of sulfone groups is 1. The largest absolute Gasteiger partial charge is 0.468 e. The number of nitrogens with one attached hydrogen (secondary N) is 1. The molecule has 0 aliphatic heterocycles. The predicted octanol–water partition coefficient (Wildman–Crippen LogP) is 0.305. The van der Waals surface area contributed by atoms with Crippen molar-refractivity contribution >= 4 is 27.6 Å². The van der Waals surface area contributed by atoms with Gasteiger partial charge >= 0.3 is 5.97 Å². The van der Waals surface area contributed by atoms with Gasteiger partial charge in [-0.25, -0.2) is 8.42 Å². The Labute approximate surface area is 113 Å². The van der Waals surface area contributed by atoms with Gasteiger partial charge in [0.15, 0.2) is 0 Å². The lowest BCUT2D eigenvalue weighted by atomic mass is 9.96. The lowest BCUT2D eigenvalue weighted by Crippen LogP contribution is -2.55. The van der Waals surface area contributed by atoms with E-state index in [1.165, 1.54) is 25.1 Å². The van der Waals surface area contributed by atoms with E-state index in [0.29, 0.717) is 17.4 Å². The van der Waals surface area contributed by atoms with Gasteiger partial charge in [-0.1, -0.05) is 0 Å². The molecule has 1 rings (SSSR count). The second-order valence-electron chi connectivity index (χ2n) is 4.67. The van der Waals surface area contributed by atoms with Crippen molar-refractivity contribution in [2.24, 2.45) is 5.92 Å². The summed E-state index contributed by atoms with van der Waals surface area (Å²) in [4.78, 5) is 11.9. The predicted molar refractivity (Wildman–Crippen MR) is 73.6 cm³/mol. The van der Waals surface area contributed by atoms with E-state index in [-0.39, 0.29) is 11.7 Å². The maximum atomic E-state index is 11.9. The number of likely N-dealkylation sites (N-methyl/N-ethyl adjacent to an activating group) is 1. The van der Waals surface area contributed by atoms with Crippen molar-refractivity contribution in [3.05, 3.63) is 0 Å². The molecule has 0 aromatic heterocycles. The third kappa shape index (κ3) is 4.13. The van der Waals surface area contributed by atoms with E-state index in [0.717, 1.165) is 12.8 Å². The summed E-state index contributed by atoms with van der Waals surface area (Å²) in [6, 6.07) is 0. The molecule has 1 saturated carbocycles. The number of esters is 1. The van der Waals surface area contributed by atoms with Gasteiger partial charge in [0.2, 0.25) is 0 Å². The summed E-state index contributed by atoms with van der Waals surface area (Å²) < 4.78 is 27.0. The lowest BCUT2D eigenvalue weighted by molar-refractivity contribution is -0.148. The Bertz CT molecular complexity index is 392. The van der Waals surface area contributed by atoms with E-state index < -0.39 is 15.4 Å². The van der Waals surface area contributed by atoms with Crippen molar-refractivity contribution in [1.82, 2.24) is 5.32 Å². The summed E-state index contributed by atoms with van der Waals surface area (Å²) in [7, 11) is 0.207. The van der Waals surface area contributed by atoms with Crippen LogP contribution >= 0.6 is 11.8 Å². The highest BCUT2D eigenvalue weighted by Crippen LogP contribution is 2.41. The van der Waals surface area contributed by atoms with E-state index in [4.69, 9.17) is 4.74 Å². The van der Waals surface area contributed by atoms with Crippen LogP contribution < -0.4 is 5.32 Å². The van der Waals surface area contributed by atoms with Gasteiger partial charge < -0.3 is 10.1 Å². The van der Waals surface area contributed by atoms with Crippen LogP contribution in [0.15, 0.2) is 0 Å². The Kier molecular flexibility index (Phi) is 5.48. The molecular weight excluding hydrogens is 274 g/mol. The first-order valence-electron chi connectivity index (χ1n) is 5.88. The fourth-order valence-corrected chi connectivity index (χ4v) is 4.57. The van der Waals surface area contributed by atoms with Crippen LogP contribution in [0.2, 0.25) is 0 Å². The molecule has 0 saturated heterocycles. The van der Waals surface area contributed by atoms with Crippen LogP contribution in [0.3, 0.4) is 0 Å². The van der Waals surface area contributed by atoms with Crippen molar-refractivity contribution in [2.75, 3.05) is 37.7 Å². The topological polar surface area (TPSA) is 72.5 Å². The number of methoxy groups -OCH3 is 1. The molecule has 0 heterocycles. The fourth-order valence-electron chi connectivity index (χ4n) is 1.92. The molecule has 1 fully saturated rings. The zero-order valence-corrected chi connectivity index (χ0v) is 12.7. The Morgan fingerprint density at radius 3 is 2.50 bits per heavy atom. The van der Waals surface area contributed by atoms with Crippen molar-refractivity contribution in [1.29, 1.82) is 0 Å². The van der Waals surface area contributed by atoms with Crippen LogP contribution in [0.25, 0.3) is 0 Å². The number of hydrogen-bond acceptors (Lipinski definition) is 6. The van der Waals surface area contributed by atoms with E-state index in [9.17, 15) is 13.2 Å². The standard InChI is InChI=1S/C11H21NO4S2/c1-12-11(9-4-5-9,10(13)16-2)8-17-6-7-18(3,14)15/h9,12H,4-8H2,1-3H3. The molecule has 1 aliphatic carbocycles. The van der Waals surface area contributed by atoms with Crippen LogP contribution in [0, 0.1) is 5.92 Å². The van der Waals surface area contributed by atoms with Gasteiger partial charge in [-0.2, -0.15) is 11.8 Å². The van der Waals surface area contributed by atoms with Crippen LogP contribution in [0.1, 0.15) is 12.8 Å². The van der Waals surface area contributed by atoms with Crippen molar-refractivity contribution in [3.63, 3.8) is 0 Å². The van der Waals surface area contributed by atoms with Gasteiger partial charge in [0, 0.05) is 17.8 Å². The minimum Gasteiger partial charge on any atom is -0.468 e. The Balaban J connectivity index is 2.54. The molecule has 0 amide bonds. The quantitative estimate of drug-likeness (QED) is 0.513. The molecule has 0 radical (unpaired) electrons. The van der Waals surface area contributed by atoms with Gasteiger partial charge in [-0.3, -0.25) is 4.79 Å². The molecule has 1 aliphatic rings. The number of rotatable bonds is 8. The van der Waals surface area contributed by atoms with Crippen molar-refractivity contribution in [2.45, 2.75) is 18.4 Å². The smallest absolute Gasteiger partial charge is 0.327 e. The molecule has 106 valence electrons. The molecule has 0 aromatic rings. The van der Waals surface area contributed by atoms with Crippen molar-refractivity contribution < 1.29 is 17.9 Å². The molecule has 0 bridgehead atoms. The van der Waals surface area contributed by atoms with E-state index in [2.05, 4.69) is 5.32 Å². The third-order valence-corrected chi connectivity index (χ3v) is 5.55. The number of hydrogen-bond donors (Lipinski definition) is 1. The molecule has 0 spiro atoms. The number of carbonyl (C=O) groups excluding carboxylic acids is 1. The van der Waals surface area contributed by atoms with E-state index >= 15 is 0 Å².